The van der Waals surface area contributed by atoms with Gasteiger partial charge in [0.15, 0.2) is 0 Å². The number of likely N-dealkylation sites (tertiary alicyclic amines) is 1. The van der Waals surface area contributed by atoms with Crippen molar-refractivity contribution in [2.24, 2.45) is 11.7 Å². The summed E-state index contributed by atoms with van der Waals surface area (Å²) in [6.07, 6.45) is 1.01. The first-order valence-electron chi connectivity index (χ1n) is 17.4. The van der Waals surface area contributed by atoms with Gasteiger partial charge in [0, 0.05) is 24.2 Å². The van der Waals surface area contributed by atoms with Gasteiger partial charge in [0.1, 0.15) is 23.4 Å². The average Bonchev–Trinajstić information content (AvgIpc) is 3.94. The first kappa shape index (κ1) is 38.4. The lowest BCUT2D eigenvalue weighted by molar-refractivity contribution is -0.146. The number of aliphatic carboxylic acids is 1. The second-order valence-electron chi connectivity index (χ2n) is 13.4. The number of halogens is 4. The minimum atomic E-state index is -4.39. The highest BCUT2D eigenvalue weighted by Gasteiger charge is 2.49. The maximum Gasteiger partial charge on any atom is 0.408 e. The number of aryl methyl sites for hydroxylation is 2. The molecular formula is C40H45F4N3O5. The van der Waals surface area contributed by atoms with Gasteiger partial charge < -0.3 is 25.6 Å². The summed E-state index contributed by atoms with van der Waals surface area (Å²) in [5, 5.41) is 13.6. The van der Waals surface area contributed by atoms with E-state index in [4.69, 9.17) is 20.3 Å². The van der Waals surface area contributed by atoms with Crippen molar-refractivity contribution in [3.8, 4) is 22.6 Å². The fourth-order valence-electron chi connectivity index (χ4n) is 7.02. The van der Waals surface area contributed by atoms with Gasteiger partial charge >= 0.3 is 12.1 Å². The van der Waals surface area contributed by atoms with E-state index in [9.17, 15) is 27.2 Å². The molecule has 278 valence electrons. The van der Waals surface area contributed by atoms with Crippen LogP contribution in [-0.4, -0.2) is 61.4 Å². The predicted octanol–water partition coefficient (Wildman–Crippen LogP) is 8.51. The SMILES string of the molecule is COc1ccc(CN2CCCCC2)c(OC)c1-c1cccc2c(CCC(=O)O)cccc12.Cc1cc(NC(C2CC2)C(F)(F)F)cc(F)c1C(N)=O. The Kier molecular flexibility index (Phi) is 12.3. The van der Waals surface area contributed by atoms with Crippen LogP contribution < -0.4 is 20.5 Å². The highest BCUT2D eigenvalue weighted by atomic mass is 19.4. The van der Waals surface area contributed by atoms with Crippen LogP contribution in [0.15, 0.2) is 60.7 Å². The number of carbonyl (C=O) groups is 2. The fraction of sp³-hybridized carbons (Fsp3) is 0.400. The van der Waals surface area contributed by atoms with Gasteiger partial charge in [-0.2, -0.15) is 13.2 Å². The first-order chi connectivity index (χ1) is 24.8. The monoisotopic (exact) mass is 723 g/mol. The zero-order valence-electron chi connectivity index (χ0n) is 29.6. The maximum absolute atomic E-state index is 13.7. The van der Waals surface area contributed by atoms with Gasteiger partial charge in [0.25, 0.3) is 5.91 Å². The number of hydrogen-bond acceptors (Lipinski definition) is 6. The van der Waals surface area contributed by atoms with E-state index in [1.54, 1.807) is 14.2 Å². The van der Waals surface area contributed by atoms with Crippen molar-refractivity contribution in [1.82, 2.24) is 4.90 Å². The van der Waals surface area contributed by atoms with E-state index in [-0.39, 0.29) is 23.2 Å². The number of nitrogens with zero attached hydrogens (tertiary/aromatic N) is 1. The Morgan fingerprint density at radius 2 is 1.65 bits per heavy atom. The predicted molar refractivity (Wildman–Crippen MR) is 193 cm³/mol. The summed E-state index contributed by atoms with van der Waals surface area (Å²) in [6.45, 7) is 4.51. The molecule has 1 unspecified atom stereocenters. The van der Waals surface area contributed by atoms with E-state index in [2.05, 4.69) is 34.5 Å². The van der Waals surface area contributed by atoms with Crippen LogP contribution in [0.2, 0.25) is 0 Å². The standard InChI is InChI=1S/C27H31NO4.C13H14F4N2O/c1-31-24-14-12-20(18-28-16-4-3-5-17-28)27(32-2)26(24)23-11-7-9-21-19(13-15-25(29)30)8-6-10-22(21)23;1-6-4-8(5-9(14)10(6)12(18)20)19-11(7-2-3-7)13(15,16)17/h6-12,14H,3-5,13,15-18H2,1-2H3,(H,29,30);4-5,7,11,19H,2-3H2,1H3,(H2,18,20). The van der Waals surface area contributed by atoms with Crippen molar-refractivity contribution in [2.75, 3.05) is 32.6 Å². The van der Waals surface area contributed by atoms with Crippen LogP contribution in [0.1, 0.15) is 65.6 Å². The van der Waals surface area contributed by atoms with Crippen molar-refractivity contribution in [1.29, 1.82) is 0 Å². The molecule has 8 nitrogen and oxygen atoms in total. The number of methoxy groups -OCH3 is 2. The lowest BCUT2D eigenvalue weighted by Gasteiger charge is -2.28. The number of benzene rings is 4. The summed E-state index contributed by atoms with van der Waals surface area (Å²) in [7, 11) is 3.41. The molecular weight excluding hydrogens is 678 g/mol. The number of nitrogens with two attached hydrogens (primary N) is 1. The number of anilines is 1. The molecule has 4 aromatic rings. The topological polar surface area (TPSA) is 114 Å². The second kappa shape index (κ2) is 16.7. The molecule has 0 radical (unpaired) electrons. The fourth-order valence-corrected chi connectivity index (χ4v) is 7.02. The number of primary amides is 1. The quantitative estimate of drug-likeness (QED) is 0.126. The van der Waals surface area contributed by atoms with Gasteiger partial charge in [0.2, 0.25) is 0 Å². The molecule has 1 aliphatic heterocycles. The molecule has 0 spiro atoms. The molecule has 6 rings (SSSR count). The Balaban J connectivity index is 0.000000225. The van der Waals surface area contributed by atoms with Crippen LogP contribution in [0.5, 0.6) is 11.5 Å². The molecule has 1 saturated carbocycles. The highest BCUT2D eigenvalue weighted by Crippen LogP contribution is 2.45. The number of carboxylic acids is 1. The van der Waals surface area contributed by atoms with Gasteiger partial charge in [-0.25, -0.2) is 4.39 Å². The third-order valence-corrected chi connectivity index (χ3v) is 9.66. The molecule has 1 saturated heterocycles. The molecule has 12 heteroatoms. The molecule has 52 heavy (non-hydrogen) atoms. The second-order valence-corrected chi connectivity index (χ2v) is 13.4. The smallest absolute Gasteiger partial charge is 0.408 e. The lowest BCUT2D eigenvalue weighted by Crippen LogP contribution is -2.38. The third kappa shape index (κ3) is 9.14. The van der Waals surface area contributed by atoms with Crippen molar-refractivity contribution in [2.45, 2.75) is 70.6 Å². The number of piperidine rings is 1. The summed E-state index contributed by atoms with van der Waals surface area (Å²) in [5.41, 5.74) is 9.10. The van der Waals surface area contributed by atoms with E-state index < -0.39 is 35.8 Å². The Labute approximate surface area is 300 Å². The average molecular weight is 724 g/mol. The van der Waals surface area contributed by atoms with Crippen molar-refractivity contribution in [3.63, 3.8) is 0 Å². The van der Waals surface area contributed by atoms with Crippen molar-refractivity contribution < 1.29 is 41.7 Å². The van der Waals surface area contributed by atoms with Crippen LogP contribution in [0, 0.1) is 18.7 Å². The molecule has 1 heterocycles. The Hall–Kier alpha value is -4.84. The Morgan fingerprint density at radius 3 is 2.25 bits per heavy atom. The van der Waals surface area contributed by atoms with Crippen molar-refractivity contribution in [3.05, 3.63) is 88.7 Å². The molecule has 2 aliphatic rings. The normalized spacial score (nSPS) is 15.4. The van der Waals surface area contributed by atoms with Crippen molar-refractivity contribution >= 4 is 28.3 Å². The highest BCUT2D eigenvalue weighted by molar-refractivity contribution is 6.01. The molecule has 0 aromatic heterocycles. The molecule has 1 aliphatic carbocycles. The summed E-state index contributed by atoms with van der Waals surface area (Å²) < 4.78 is 64.1. The Bertz CT molecular complexity index is 1880. The number of ether oxygens (including phenoxy) is 2. The largest absolute Gasteiger partial charge is 0.496 e. The van der Waals surface area contributed by atoms with E-state index in [0.29, 0.717) is 19.3 Å². The van der Waals surface area contributed by atoms with Crippen LogP contribution in [0.4, 0.5) is 23.2 Å². The number of fused-ring (bicyclic) bond motifs is 1. The minimum Gasteiger partial charge on any atom is -0.496 e. The molecule has 4 N–H and O–H groups in total. The van der Waals surface area contributed by atoms with E-state index >= 15 is 0 Å². The van der Waals surface area contributed by atoms with Gasteiger partial charge in [0.05, 0.1) is 25.3 Å². The molecule has 2 fully saturated rings. The zero-order valence-corrected chi connectivity index (χ0v) is 29.6. The number of hydrogen-bond donors (Lipinski definition) is 3. The molecule has 1 atom stereocenters. The number of amides is 1. The molecule has 1 amide bonds. The summed E-state index contributed by atoms with van der Waals surface area (Å²) in [5.74, 6) is -1.51. The molecule has 4 aromatic carbocycles. The number of nitrogens with one attached hydrogen (secondary N) is 1. The number of rotatable bonds is 12. The van der Waals surface area contributed by atoms with E-state index in [0.717, 1.165) is 70.2 Å². The van der Waals surface area contributed by atoms with Crippen LogP contribution in [0.3, 0.4) is 0 Å². The minimum absolute atomic E-state index is 0.000718. The zero-order chi connectivity index (χ0) is 37.6. The van der Waals surface area contributed by atoms with Gasteiger partial charge in [-0.05, 0) is 104 Å². The summed E-state index contributed by atoms with van der Waals surface area (Å²) in [4.78, 5) is 24.7. The summed E-state index contributed by atoms with van der Waals surface area (Å²) in [6, 6.07) is 16.9. The molecule has 0 bridgehead atoms. The van der Waals surface area contributed by atoms with Gasteiger partial charge in [-0.1, -0.05) is 48.9 Å². The van der Waals surface area contributed by atoms with Crippen LogP contribution in [-0.2, 0) is 17.8 Å². The Morgan fingerprint density at radius 1 is 0.962 bits per heavy atom. The van der Waals surface area contributed by atoms with Gasteiger partial charge in [-0.3, -0.25) is 14.5 Å². The summed E-state index contributed by atoms with van der Waals surface area (Å²) >= 11 is 0. The maximum atomic E-state index is 13.7. The van der Waals surface area contributed by atoms with E-state index in [1.165, 1.54) is 32.3 Å². The van der Waals surface area contributed by atoms with Crippen LogP contribution >= 0.6 is 0 Å². The third-order valence-electron chi connectivity index (χ3n) is 9.66. The number of carbonyl (C=O) groups excluding carboxylic acids is 1. The lowest BCUT2D eigenvalue weighted by atomic mass is 9.92. The number of carboxylic acid groups (broad SMARTS) is 1. The number of alkyl halides is 3. The first-order valence-corrected chi connectivity index (χ1v) is 17.4. The van der Waals surface area contributed by atoms with E-state index in [1.807, 2.05) is 24.3 Å². The van der Waals surface area contributed by atoms with Gasteiger partial charge in [-0.15, -0.1) is 0 Å². The van der Waals surface area contributed by atoms with Crippen LogP contribution in [0.25, 0.3) is 21.9 Å².